The Morgan fingerprint density at radius 1 is 1.00 bits per heavy atom. The summed E-state index contributed by atoms with van der Waals surface area (Å²) in [6.07, 6.45) is -6.76. The summed E-state index contributed by atoms with van der Waals surface area (Å²) in [6.45, 7) is 4.58. The first kappa shape index (κ1) is 25.4. The summed E-state index contributed by atoms with van der Waals surface area (Å²) in [4.78, 5) is 0. The first-order valence-electron chi connectivity index (χ1n) is 10.9. The quantitative estimate of drug-likeness (QED) is 0.318. The number of rotatable bonds is 7. The lowest BCUT2D eigenvalue weighted by molar-refractivity contribution is -0.399. The van der Waals surface area contributed by atoms with Crippen LogP contribution in [0.5, 0.6) is 0 Å². The van der Waals surface area contributed by atoms with E-state index in [9.17, 15) is 29.9 Å². The van der Waals surface area contributed by atoms with Crippen LogP contribution in [0, 0.1) is 17.7 Å². The van der Waals surface area contributed by atoms with E-state index in [1.807, 2.05) is 13.8 Å². The molecule has 2 fully saturated rings. The zero-order valence-corrected chi connectivity index (χ0v) is 18.5. The molecule has 1 aromatic rings. The normalized spacial score (nSPS) is 42.7. The Kier molecular flexibility index (Phi) is 8.24. The van der Waals surface area contributed by atoms with Gasteiger partial charge in [0.25, 0.3) is 0 Å². The number of ether oxygens (including phenoxy) is 3. The van der Waals surface area contributed by atoms with Gasteiger partial charge in [0.2, 0.25) is 0 Å². The molecule has 0 aromatic heterocycles. The maximum Gasteiger partial charge on any atom is 0.195 e. The Hall–Kier alpha value is -1.21. The minimum atomic E-state index is -1.58. The molecule has 2 aliphatic heterocycles. The number of hydrogen-bond acceptors (Lipinski definition) is 9. The third kappa shape index (κ3) is 5.14. The fourth-order valence-electron chi connectivity index (χ4n) is 4.35. The van der Waals surface area contributed by atoms with Gasteiger partial charge in [0.1, 0.15) is 30.2 Å². The molecule has 10 unspecified atom stereocenters. The molecule has 2 saturated heterocycles. The highest BCUT2D eigenvalue weighted by Crippen LogP contribution is 2.39. The molecule has 0 spiro atoms. The molecule has 10 atom stereocenters. The molecule has 0 amide bonds. The van der Waals surface area contributed by atoms with Crippen LogP contribution in [0.4, 0.5) is 4.39 Å². The zero-order valence-electron chi connectivity index (χ0n) is 18.5. The van der Waals surface area contributed by atoms with Gasteiger partial charge in [0, 0.05) is 6.54 Å². The Balaban J connectivity index is 1.81. The van der Waals surface area contributed by atoms with E-state index < -0.39 is 55.2 Å². The molecule has 3 rings (SSSR count). The standard InChI is InChI=1S/C22H34FNO8/c1-11-12(2)20(29)22(3,31-15(11)9-25)32-21-17(19(28)18(27)16(10-26)30-21)24-8-13-4-6-14(23)7-5-13/h4-7,11-12,15-21,24-29H,8-10H2,1-3H3. The Bertz CT molecular complexity index is 737. The predicted molar refractivity (Wildman–Crippen MR) is 111 cm³/mol. The van der Waals surface area contributed by atoms with Crippen LogP contribution in [-0.4, -0.2) is 87.4 Å². The molecule has 1 aromatic carbocycles. The maximum absolute atomic E-state index is 13.2. The van der Waals surface area contributed by atoms with E-state index in [-0.39, 0.29) is 30.8 Å². The van der Waals surface area contributed by atoms with Gasteiger partial charge in [0.05, 0.1) is 25.4 Å². The van der Waals surface area contributed by atoms with Gasteiger partial charge < -0.3 is 45.1 Å². The number of aliphatic hydroxyl groups excluding tert-OH is 5. The molecule has 182 valence electrons. The van der Waals surface area contributed by atoms with Gasteiger partial charge in [-0.2, -0.15) is 0 Å². The fraction of sp³-hybridized carbons (Fsp3) is 0.727. The monoisotopic (exact) mass is 459 g/mol. The topological polar surface area (TPSA) is 141 Å². The van der Waals surface area contributed by atoms with E-state index in [1.54, 1.807) is 12.1 Å². The summed E-state index contributed by atoms with van der Waals surface area (Å²) < 4.78 is 30.9. The molecular formula is C22H34FNO8. The summed E-state index contributed by atoms with van der Waals surface area (Å²) in [7, 11) is 0. The molecule has 2 heterocycles. The van der Waals surface area contributed by atoms with E-state index in [2.05, 4.69) is 5.32 Å². The second-order valence-corrected chi connectivity index (χ2v) is 8.88. The number of benzene rings is 1. The summed E-state index contributed by atoms with van der Waals surface area (Å²) in [5.41, 5.74) is 0.721. The second kappa shape index (κ2) is 10.4. The Morgan fingerprint density at radius 2 is 1.62 bits per heavy atom. The molecule has 9 nitrogen and oxygen atoms in total. The number of aliphatic hydroxyl groups is 5. The van der Waals surface area contributed by atoms with E-state index >= 15 is 0 Å². The van der Waals surface area contributed by atoms with Gasteiger partial charge in [-0.15, -0.1) is 0 Å². The smallest absolute Gasteiger partial charge is 0.195 e. The molecule has 32 heavy (non-hydrogen) atoms. The van der Waals surface area contributed by atoms with Gasteiger partial charge in [-0.3, -0.25) is 0 Å². The van der Waals surface area contributed by atoms with Crippen LogP contribution >= 0.6 is 0 Å². The molecule has 10 heteroatoms. The van der Waals surface area contributed by atoms with Crippen LogP contribution in [0.15, 0.2) is 24.3 Å². The van der Waals surface area contributed by atoms with E-state index in [0.29, 0.717) is 0 Å². The van der Waals surface area contributed by atoms with Crippen molar-refractivity contribution in [2.24, 2.45) is 11.8 Å². The van der Waals surface area contributed by atoms with Gasteiger partial charge in [-0.1, -0.05) is 26.0 Å². The highest BCUT2D eigenvalue weighted by Gasteiger charge is 2.53. The van der Waals surface area contributed by atoms with Crippen molar-refractivity contribution < 1.29 is 44.1 Å². The summed E-state index contributed by atoms with van der Waals surface area (Å²) in [5.74, 6) is -2.37. The zero-order chi connectivity index (χ0) is 23.6. The Morgan fingerprint density at radius 3 is 2.22 bits per heavy atom. The summed E-state index contributed by atoms with van der Waals surface area (Å²) in [5, 5.41) is 54.3. The van der Waals surface area contributed by atoms with Gasteiger partial charge >= 0.3 is 0 Å². The van der Waals surface area contributed by atoms with Crippen LogP contribution in [0.25, 0.3) is 0 Å². The van der Waals surface area contributed by atoms with Gasteiger partial charge in [-0.05, 0) is 36.5 Å². The van der Waals surface area contributed by atoms with Gasteiger partial charge in [-0.25, -0.2) is 4.39 Å². The van der Waals surface area contributed by atoms with Crippen molar-refractivity contribution in [1.29, 1.82) is 0 Å². The van der Waals surface area contributed by atoms with E-state index in [0.717, 1.165) is 5.56 Å². The molecule has 2 aliphatic rings. The molecule has 0 bridgehead atoms. The lowest BCUT2D eigenvalue weighted by atomic mass is 9.80. The maximum atomic E-state index is 13.2. The average molecular weight is 460 g/mol. The van der Waals surface area contributed by atoms with Crippen LogP contribution in [0.3, 0.4) is 0 Å². The van der Waals surface area contributed by atoms with Crippen LogP contribution in [0.1, 0.15) is 26.3 Å². The van der Waals surface area contributed by atoms with E-state index in [1.165, 1.54) is 19.1 Å². The second-order valence-electron chi connectivity index (χ2n) is 8.88. The van der Waals surface area contributed by atoms with Crippen LogP contribution in [-0.2, 0) is 20.8 Å². The SMILES string of the molecule is CC1C(CO)OC(C)(OC2OC(CO)C(O)C(O)C2NCc2ccc(F)cc2)C(O)C1C. The first-order valence-corrected chi connectivity index (χ1v) is 10.9. The highest BCUT2D eigenvalue weighted by atomic mass is 19.1. The van der Waals surface area contributed by atoms with Crippen molar-refractivity contribution in [3.63, 3.8) is 0 Å². The number of nitrogens with one attached hydrogen (secondary N) is 1. The largest absolute Gasteiger partial charge is 0.394 e. The summed E-state index contributed by atoms with van der Waals surface area (Å²) >= 11 is 0. The number of halogens is 1. The highest BCUT2D eigenvalue weighted by molar-refractivity contribution is 5.16. The van der Waals surface area contributed by atoms with Crippen LogP contribution in [0.2, 0.25) is 0 Å². The predicted octanol–water partition coefficient (Wildman–Crippen LogP) is -0.520. The van der Waals surface area contributed by atoms with Crippen molar-refractivity contribution in [2.75, 3.05) is 13.2 Å². The van der Waals surface area contributed by atoms with Crippen molar-refractivity contribution in [3.8, 4) is 0 Å². The third-order valence-electron chi connectivity index (χ3n) is 6.70. The molecular weight excluding hydrogens is 425 g/mol. The van der Waals surface area contributed by atoms with Crippen LogP contribution < -0.4 is 5.32 Å². The molecule has 0 aliphatic carbocycles. The lowest BCUT2D eigenvalue weighted by Gasteiger charge is -2.51. The van der Waals surface area contributed by atoms with Crippen molar-refractivity contribution >= 4 is 0 Å². The van der Waals surface area contributed by atoms with Crippen molar-refractivity contribution in [2.45, 2.75) is 76.0 Å². The van der Waals surface area contributed by atoms with Crippen molar-refractivity contribution in [3.05, 3.63) is 35.6 Å². The minimum absolute atomic E-state index is 0.135. The molecule has 0 saturated carbocycles. The fourth-order valence-corrected chi connectivity index (χ4v) is 4.35. The van der Waals surface area contributed by atoms with Crippen molar-refractivity contribution in [1.82, 2.24) is 5.32 Å². The average Bonchev–Trinajstić information content (AvgIpc) is 2.78. The molecule has 0 radical (unpaired) electrons. The van der Waals surface area contributed by atoms with Gasteiger partial charge in [0.15, 0.2) is 12.1 Å². The van der Waals surface area contributed by atoms with E-state index in [4.69, 9.17) is 14.2 Å². The first-order chi connectivity index (χ1) is 15.1. The Labute approximate surface area is 186 Å². The molecule has 6 N–H and O–H groups in total. The number of hydrogen-bond donors (Lipinski definition) is 6. The minimum Gasteiger partial charge on any atom is -0.394 e. The lowest BCUT2D eigenvalue weighted by Crippen LogP contribution is -2.67. The third-order valence-corrected chi connectivity index (χ3v) is 6.70. The summed E-state index contributed by atoms with van der Waals surface area (Å²) in [6, 6.07) is 4.80.